The Morgan fingerprint density at radius 1 is 0.718 bits per heavy atom. The highest BCUT2D eigenvalue weighted by Crippen LogP contribution is 2.45. The summed E-state index contributed by atoms with van der Waals surface area (Å²) in [7, 11) is 0. The molecule has 206 valence electrons. The van der Waals surface area contributed by atoms with Crippen LogP contribution in [-0.2, 0) is 0 Å². The van der Waals surface area contributed by atoms with Gasteiger partial charge in [0.25, 0.3) is 0 Å². The maximum atomic E-state index is 15.3. The van der Waals surface area contributed by atoms with Crippen LogP contribution in [0.15, 0.2) is 66.7 Å². The standard InChI is InChI=1S/C35H39F3O/c1-3-5-23-6-8-24(9-7-23)25-10-14-27(15-11-25)30-19-18-29(22-32(30)36)26-12-16-28(17-13-26)31-20-21-33(39-4-2)35(38)34(31)37/h3,5,12-13,16-25,27H,4,6-11,14-15H2,1-2H3/b5-3+. The summed E-state index contributed by atoms with van der Waals surface area (Å²) in [5.74, 6) is 0.537. The number of allylic oxidation sites excluding steroid dienone is 2. The first-order valence-corrected chi connectivity index (χ1v) is 14.6. The predicted octanol–water partition coefficient (Wildman–Crippen LogP) is 10.5. The van der Waals surface area contributed by atoms with Crippen LogP contribution >= 0.6 is 0 Å². The van der Waals surface area contributed by atoms with Crippen LogP contribution in [0.3, 0.4) is 0 Å². The number of rotatable bonds is 7. The van der Waals surface area contributed by atoms with E-state index in [2.05, 4.69) is 19.1 Å². The normalized spacial score (nSPS) is 23.7. The lowest BCUT2D eigenvalue weighted by Crippen LogP contribution is -2.25. The molecule has 1 nitrogen and oxygen atoms in total. The zero-order valence-electron chi connectivity index (χ0n) is 23.1. The van der Waals surface area contributed by atoms with E-state index >= 15 is 4.39 Å². The third-order valence-electron chi connectivity index (χ3n) is 9.04. The summed E-state index contributed by atoms with van der Waals surface area (Å²) in [6, 6.07) is 15.7. The molecule has 0 saturated heterocycles. The van der Waals surface area contributed by atoms with E-state index in [0.29, 0.717) is 5.56 Å². The Bertz CT molecular complexity index is 1280. The first-order valence-electron chi connectivity index (χ1n) is 14.6. The third-order valence-corrected chi connectivity index (χ3v) is 9.04. The minimum atomic E-state index is -0.984. The van der Waals surface area contributed by atoms with Gasteiger partial charge in [-0.05, 0) is 129 Å². The van der Waals surface area contributed by atoms with Crippen LogP contribution in [0.2, 0.25) is 0 Å². The molecule has 0 N–H and O–H groups in total. The number of hydrogen-bond acceptors (Lipinski definition) is 1. The molecule has 0 unspecified atom stereocenters. The second-order valence-electron chi connectivity index (χ2n) is 11.3. The Balaban J connectivity index is 1.22. The maximum absolute atomic E-state index is 15.3. The van der Waals surface area contributed by atoms with E-state index in [0.717, 1.165) is 47.3 Å². The van der Waals surface area contributed by atoms with Crippen molar-refractivity contribution >= 4 is 0 Å². The number of ether oxygens (including phenoxy) is 1. The van der Waals surface area contributed by atoms with Gasteiger partial charge in [-0.25, -0.2) is 8.78 Å². The molecular weight excluding hydrogens is 493 g/mol. The van der Waals surface area contributed by atoms with Crippen LogP contribution in [0.25, 0.3) is 22.3 Å². The van der Waals surface area contributed by atoms with Crippen molar-refractivity contribution in [1.82, 2.24) is 0 Å². The van der Waals surface area contributed by atoms with Gasteiger partial charge < -0.3 is 4.74 Å². The molecule has 2 aliphatic carbocycles. The van der Waals surface area contributed by atoms with Gasteiger partial charge >= 0.3 is 0 Å². The van der Waals surface area contributed by atoms with Crippen molar-refractivity contribution in [2.24, 2.45) is 17.8 Å². The molecule has 0 radical (unpaired) electrons. The SMILES string of the molecule is C/C=C/C1CCC(C2CCC(c3ccc(-c4ccc(-c5ccc(OCC)c(F)c5F)cc4)cc3F)CC2)CC1. The lowest BCUT2D eigenvalue weighted by molar-refractivity contribution is 0.171. The summed E-state index contributed by atoms with van der Waals surface area (Å²) >= 11 is 0. The zero-order valence-corrected chi connectivity index (χ0v) is 23.1. The van der Waals surface area contributed by atoms with E-state index in [-0.39, 0.29) is 29.7 Å². The molecule has 2 aliphatic rings. The molecular formula is C35H39F3O. The molecule has 3 aromatic rings. The predicted molar refractivity (Wildman–Crippen MR) is 153 cm³/mol. The van der Waals surface area contributed by atoms with Crippen molar-refractivity contribution in [2.45, 2.75) is 71.1 Å². The smallest absolute Gasteiger partial charge is 0.201 e. The maximum Gasteiger partial charge on any atom is 0.201 e. The monoisotopic (exact) mass is 532 g/mol. The van der Waals surface area contributed by atoms with Gasteiger partial charge in [0.15, 0.2) is 11.6 Å². The fourth-order valence-electron chi connectivity index (χ4n) is 6.88. The lowest BCUT2D eigenvalue weighted by Gasteiger charge is -2.37. The number of hydrogen-bond donors (Lipinski definition) is 0. The summed E-state index contributed by atoms with van der Waals surface area (Å²) in [5.41, 5.74) is 3.19. The van der Waals surface area contributed by atoms with Gasteiger partial charge in [-0.3, -0.25) is 0 Å². The number of halogens is 3. The van der Waals surface area contributed by atoms with Crippen LogP contribution in [-0.4, -0.2) is 6.61 Å². The molecule has 2 fully saturated rings. The van der Waals surface area contributed by atoms with E-state index in [1.54, 1.807) is 25.1 Å². The van der Waals surface area contributed by atoms with Crippen molar-refractivity contribution in [3.63, 3.8) is 0 Å². The Morgan fingerprint density at radius 2 is 1.33 bits per heavy atom. The molecule has 4 heteroatoms. The Kier molecular flexibility index (Phi) is 8.79. The quantitative estimate of drug-likeness (QED) is 0.275. The highest BCUT2D eigenvalue weighted by atomic mass is 19.2. The van der Waals surface area contributed by atoms with E-state index < -0.39 is 11.6 Å². The molecule has 2 saturated carbocycles. The minimum absolute atomic E-state index is 0.0911. The van der Waals surface area contributed by atoms with Crippen molar-refractivity contribution in [3.8, 4) is 28.0 Å². The summed E-state index contributed by atoms with van der Waals surface area (Å²) in [6.45, 7) is 4.10. The Morgan fingerprint density at radius 3 is 1.95 bits per heavy atom. The van der Waals surface area contributed by atoms with E-state index in [9.17, 15) is 8.78 Å². The zero-order chi connectivity index (χ0) is 27.4. The molecule has 39 heavy (non-hydrogen) atoms. The van der Waals surface area contributed by atoms with Gasteiger partial charge in [-0.1, -0.05) is 48.6 Å². The van der Waals surface area contributed by atoms with Crippen LogP contribution in [0.4, 0.5) is 13.2 Å². The Labute approximate surface area is 231 Å². The average molecular weight is 533 g/mol. The topological polar surface area (TPSA) is 9.23 Å². The molecule has 0 aromatic heterocycles. The second-order valence-corrected chi connectivity index (χ2v) is 11.3. The molecule has 0 amide bonds. The third kappa shape index (κ3) is 6.10. The minimum Gasteiger partial charge on any atom is -0.491 e. The van der Waals surface area contributed by atoms with Gasteiger partial charge in [0.05, 0.1) is 6.61 Å². The fraction of sp³-hybridized carbons (Fsp3) is 0.429. The highest BCUT2D eigenvalue weighted by molar-refractivity contribution is 5.71. The fourth-order valence-corrected chi connectivity index (χ4v) is 6.88. The van der Waals surface area contributed by atoms with Crippen LogP contribution in [0, 0.1) is 35.2 Å². The molecule has 0 spiro atoms. The van der Waals surface area contributed by atoms with E-state index in [1.165, 1.54) is 50.7 Å². The van der Waals surface area contributed by atoms with Crippen molar-refractivity contribution < 1.29 is 17.9 Å². The first-order chi connectivity index (χ1) is 19.0. The van der Waals surface area contributed by atoms with E-state index in [4.69, 9.17) is 4.74 Å². The summed E-state index contributed by atoms with van der Waals surface area (Å²) in [6.07, 6.45) is 14.4. The second kappa shape index (κ2) is 12.4. The molecule has 0 heterocycles. The largest absolute Gasteiger partial charge is 0.491 e. The average Bonchev–Trinajstić information content (AvgIpc) is 2.97. The molecule has 0 aliphatic heterocycles. The van der Waals surface area contributed by atoms with Gasteiger partial charge in [-0.15, -0.1) is 0 Å². The van der Waals surface area contributed by atoms with Gasteiger partial charge in [0, 0.05) is 5.56 Å². The first kappa shape index (κ1) is 27.6. The molecule has 3 aromatic carbocycles. The molecule has 0 bridgehead atoms. The Hall–Kier alpha value is -3.01. The van der Waals surface area contributed by atoms with Gasteiger partial charge in [0.1, 0.15) is 5.82 Å². The van der Waals surface area contributed by atoms with Crippen molar-refractivity contribution in [3.05, 3.63) is 89.8 Å². The van der Waals surface area contributed by atoms with E-state index in [1.807, 2.05) is 24.3 Å². The lowest BCUT2D eigenvalue weighted by atomic mass is 9.68. The van der Waals surface area contributed by atoms with Gasteiger partial charge in [0.2, 0.25) is 5.82 Å². The van der Waals surface area contributed by atoms with Crippen molar-refractivity contribution in [2.75, 3.05) is 6.61 Å². The summed E-state index contributed by atoms with van der Waals surface area (Å²) in [5, 5.41) is 0. The molecule has 5 rings (SSSR count). The number of benzene rings is 3. The molecule has 0 atom stereocenters. The highest BCUT2D eigenvalue weighted by Gasteiger charge is 2.31. The summed E-state index contributed by atoms with van der Waals surface area (Å²) < 4.78 is 49.4. The van der Waals surface area contributed by atoms with Crippen LogP contribution in [0.5, 0.6) is 5.75 Å². The van der Waals surface area contributed by atoms with Crippen LogP contribution < -0.4 is 4.74 Å². The van der Waals surface area contributed by atoms with Crippen LogP contribution in [0.1, 0.15) is 76.7 Å². The van der Waals surface area contributed by atoms with Crippen molar-refractivity contribution in [1.29, 1.82) is 0 Å². The summed E-state index contributed by atoms with van der Waals surface area (Å²) in [4.78, 5) is 0. The van der Waals surface area contributed by atoms with Gasteiger partial charge in [-0.2, -0.15) is 4.39 Å².